The van der Waals surface area contributed by atoms with Crippen LogP contribution in [-0.4, -0.2) is 28.8 Å². The number of urea groups is 1. The van der Waals surface area contributed by atoms with Gasteiger partial charge >= 0.3 is 6.03 Å². The lowest BCUT2D eigenvalue weighted by atomic mass is 10.1. The average Bonchev–Trinajstić information content (AvgIpc) is 3.17. The summed E-state index contributed by atoms with van der Waals surface area (Å²) in [5.41, 5.74) is 1.72. The second kappa shape index (κ2) is 6.89. The van der Waals surface area contributed by atoms with Crippen LogP contribution >= 0.6 is 11.3 Å². The van der Waals surface area contributed by atoms with Crippen LogP contribution in [0.25, 0.3) is 10.6 Å². The molecule has 5 nitrogen and oxygen atoms in total. The summed E-state index contributed by atoms with van der Waals surface area (Å²) >= 11 is 1.56. The minimum Gasteiger partial charge on any atom is -0.393 e. The first-order valence-corrected chi connectivity index (χ1v) is 8.33. The number of hydrogen-bond acceptors (Lipinski definition) is 4. The van der Waals surface area contributed by atoms with Crippen molar-refractivity contribution in [1.29, 1.82) is 0 Å². The Bertz CT molecular complexity index is 630. The molecule has 1 aromatic heterocycles. The zero-order valence-electron chi connectivity index (χ0n) is 12.2. The van der Waals surface area contributed by atoms with E-state index in [4.69, 9.17) is 0 Å². The van der Waals surface area contributed by atoms with Crippen molar-refractivity contribution in [1.82, 2.24) is 10.3 Å². The Kier molecular flexibility index (Phi) is 4.70. The molecular formula is C16H19N3O2S. The molecule has 0 saturated heterocycles. The minimum atomic E-state index is -0.284. The third-order valence-electron chi connectivity index (χ3n) is 3.94. The van der Waals surface area contributed by atoms with Crippen molar-refractivity contribution in [3.05, 3.63) is 35.8 Å². The van der Waals surface area contributed by atoms with Gasteiger partial charge < -0.3 is 15.7 Å². The molecule has 0 aliphatic heterocycles. The van der Waals surface area contributed by atoms with Gasteiger partial charge in [0.05, 0.1) is 6.10 Å². The summed E-state index contributed by atoms with van der Waals surface area (Å²) in [6.07, 6.45) is 4.32. The van der Waals surface area contributed by atoms with Gasteiger partial charge in [0, 0.05) is 35.3 Å². The number of nitrogens with zero attached hydrogens (tertiary/aromatic N) is 1. The fourth-order valence-electron chi connectivity index (χ4n) is 2.75. The predicted octanol–water partition coefficient (Wildman–Crippen LogP) is 3.09. The molecule has 0 radical (unpaired) electrons. The second-order valence-corrected chi connectivity index (χ2v) is 6.41. The van der Waals surface area contributed by atoms with Crippen molar-refractivity contribution in [2.75, 3.05) is 11.9 Å². The monoisotopic (exact) mass is 317 g/mol. The smallest absolute Gasteiger partial charge is 0.319 e. The van der Waals surface area contributed by atoms with E-state index in [9.17, 15) is 9.90 Å². The van der Waals surface area contributed by atoms with E-state index in [0.29, 0.717) is 6.54 Å². The molecular weight excluding hydrogens is 298 g/mol. The number of aromatic nitrogens is 1. The highest BCUT2D eigenvalue weighted by Gasteiger charge is 2.25. The summed E-state index contributed by atoms with van der Waals surface area (Å²) in [4.78, 5) is 16.2. The van der Waals surface area contributed by atoms with Crippen LogP contribution < -0.4 is 10.6 Å². The van der Waals surface area contributed by atoms with Gasteiger partial charge in [-0.25, -0.2) is 9.78 Å². The fourth-order valence-corrected chi connectivity index (χ4v) is 3.39. The molecule has 6 heteroatoms. The maximum Gasteiger partial charge on any atom is 0.319 e. The topological polar surface area (TPSA) is 74.2 Å². The van der Waals surface area contributed by atoms with E-state index >= 15 is 0 Å². The molecule has 1 saturated carbocycles. The molecule has 0 bridgehead atoms. The number of carbonyl (C=O) groups excluding carboxylic acids is 1. The van der Waals surface area contributed by atoms with Gasteiger partial charge in [-0.2, -0.15) is 0 Å². The first-order valence-electron chi connectivity index (χ1n) is 7.45. The number of hydrogen-bond donors (Lipinski definition) is 3. The molecule has 0 spiro atoms. The average molecular weight is 317 g/mol. The lowest BCUT2D eigenvalue weighted by Gasteiger charge is -2.15. The van der Waals surface area contributed by atoms with E-state index in [1.54, 1.807) is 17.5 Å². The number of amides is 2. The van der Waals surface area contributed by atoms with Gasteiger partial charge in [-0.1, -0.05) is 18.6 Å². The Hall–Kier alpha value is -1.92. The molecule has 116 valence electrons. The van der Waals surface area contributed by atoms with Crippen molar-refractivity contribution in [3.63, 3.8) is 0 Å². The highest BCUT2D eigenvalue weighted by atomic mass is 32.1. The van der Waals surface area contributed by atoms with Crippen LogP contribution in [-0.2, 0) is 0 Å². The van der Waals surface area contributed by atoms with Crippen LogP contribution in [0.2, 0.25) is 0 Å². The van der Waals surface area contributed by atoms with Gasteiger partial charge in [0.15, 0.2) is 0 Å². The quantitative estimate of drug-likeness (QED) is 0.811. The maximum absolute atomic E-state index is 12.0. The normalized spacial score (nSPS) is 20.8. The molecule has 1 heterocycles. The van der Waals surface area contributed by atoms with Crippen molar-refractivity contribution in [2.24, 2.45) is 5.92 Å². The number of thiazole rings is 1. The molecule has 2 amide bonds. The van der Waals surface area contributed by atoms with E-state index in [1.165, 1.54) is 0 Å². The predicted molar refractivity (Wildman–Crippen MR) is 87.9 cm³/mol. The van der Waals surface area contributed by atoms with Crippen LogP contribution in [0, 0.1) is 5.92 Å². The zero-order chi connectivity index (χ0) is 15.4. The van der Waals surface area contributed by atoms with Crippen LogP contribution in [0.4, 0.5) is 10.5 Å². The number of benzene rings is 1. The fraction of sp³-hybridized carbons (Fsp3) is 0.375. The van der Waals surface area contributed by atoms with E-state index in [1.807, 2.05) is 29.6 Å². The van der Waals surface area contributed by atoms with Crippen molar-refractivity contribution in [3.8, 4) is 10.6 Å². The molecule has 2 aromatic rings. The lowest BCUT2D eigenvalue weighted by molar-refractivity contribution is 0.133. The Morgan fingerprint density at radius 1 is 1.41 bits per heavy atom. The largest absolute Gasteiger partial charge is 0.393 e. The Morgan fingerprint density at radius 2 is 2.32 bits per heavy atom. The Morgan fingerprint density at radius 3 is 3.05 bits per heavy atom. The SMILES string of the molecule is O=C(NC[C@@H]1CCC[C@H]1O)Nc1cccc(-c2nccs2)c1. The standard InChI is InChI=1S/C16H19N3O2S/c20-14-6-2-4-12(14)10-18-16(21)19-13-5-1-3-11(9-13)15-17-7-8-22-15/h1,3,5,7-9,12,14,20H,2,4,6,10H2,(H2,18,19,21)/t12-,14+/m0/s1. The number of aliphatic hydroxyl groups excluding tert-OH is 1. The van der Waals surface area contributed by atoms with Gasteiger partial charge in [-0.3, -0.25) is 0 Å². The van der Waals surface area contributed by atoms with Gasteiger partial charge in [0.1, 0.15) is 5.01 Å². The summed E-state index contributed by atoms with van der Waals surface area (Å²) in [5.74, 6) is 0.174. The first kappa shape index (κ1) is 15.0. The van der Waals surface area contributed by atoms with Gasteiger partial charge in [0.2, 0.25) is 0 Å². The van der Waals surface area contributed by atoms with E-state index in [-0.39, 0.29) is 18.1 Å². The van der Waals surface area contributed by atoms with Crippen LogP contribution in [0.3, 0.4) is 0 Å². The van der Waals surface area contributed by atoms with Crippen LogP contribution in [0.1, 0.15) is 19.3 Å². The molecule has 2 atom stereocenters. The Labute approximate surface area is 133 Å². The third-order valence-corrected chi connectivity index (χ3v) is 4.77. The number of aliphatic hydroxyl groups is 1. The molecule has 0 unspecified atom stereocenters. The number of anilines is 1. The summed E-state index contributed by atoms with van der Waals surface area (Å²) in [6, 6.07) is 7.38. The van der Waals surface area contributed by atoms with E-state index in [2.05, 4.69) is 15.6 Å². The molecule has 1 fully saturated rings. The number of carbonyl (C=O) groups is 1. The summed E-state index contributed by atoms with van der Waals surface area (Å²) < 4.78 is 0. The van der Waals surface area contributed by atoms with Gasteiger partial charge in [0.25, 0.3) is 0 Å². The zero-order valence-corrected chi connectivity index (χ0v) is 13.0. The van der Waals surface area contributed by atoms with Crippen molar-refractivity contribution in [2.45, 2.75) is 25.4 Å². The highest BCUT2D eigenvalue weighted by molar-refractivity contribution is 7.13. The summed E-state index contributed by atoms with van der Waals surface area (Å²) in [5, 5.41) is 18.3. The maximum atomic E-state index is 12.0. The summed E-state index contributed by atoms with van der Waals surface area (Å²) in [6.45, 7) is 0.513. The van der Waals surface area contributed by atoms with Gasteiger partial charge in [-0.15, -0.1) is 11.3 Å². The van der Waals surface area contributed by atoms with E-state index in [0.717, 1.165) is 35.5 Å². The molecule has 22 heavy (non-hydrogen) atoms. The first-order chi connectivity index (χ1) is 10.7. The number of nitrogens with one attached hydrogen (secondary N) is 2. The van der Waals surface area contributed by atoms with E-state index < -0.39 is 0 Å². The molecule has 1 aliphatic carbocycles. The third kappa shape index (κ3) is 3.64. The minimum absolute atomic E-state index is 0.174. The van der Waals surface area contributed by atoms with Crippen LogP contribution in [0.5, 0.6) is 0 Å². The molecule has 3 rings (SSSR count). The van der Waals surface area contributed by atoms with Crippen LogP contribution in [0.15, 0.2) is 35.8 Å². The lowest BCUT2D eigenvalue weighted by Crippen LogP contribution is -2.35. The van der Waals surface area contributed by atoms with Crippen molar-refractivity contribution >= 4 is 23.1 Å². The summed E-state index contributed by atoms with van der Waals surface area (Å²) in [7, 11) is 0. The number of rotatable bonds is 4. The van der Waals surface area contributed by atoms with Gasteiger partial charge in [-0.05, 0) is 25.0 Å². The molecule has 3 N–H and O–H groups in total. The second-order valence-electron chi connectivity index (χ2n) is 5.51. The molecule has 1 aliphatic rings. The van der Waals surface area contributed by atoms with Crippen molar-refractivity contribution < 1.29 is 9.90 Å². The highest BCUT2D eigenvalue weighted by Crippen LogP contribution is 2.25. The molecule has 1 aromatic carbocycles. The Balaban J connectivity index is 1.56.